The topological polar surface area (TPSA) is 59.9 Å². The van der Waals surface area contributed by atoms with Gasteiger partial charge in [-0.25, -0.2) is 15.0 Å². The molecular weight excluding hydrogens is 669 g/mol. The average molecular weight is 701 g/mol. The number of benzene rings is 7. The lowest BCUT2D eigenvalue weighted by Gasteiger charge is -2.21. The van der Waals surface area contributed by atoms with Crippen LogP contribution in [0.2, 0.25) is 0 Å². The van der Waals surface area contributed by atoms with Gasteiger partial charge in [0.15, 0.2) is 29.5 Å². The molecule has 53 heavy (non-hydrogen) atoms. The second kappa shape index (κ2) is 11.3. The molecule has 3 heterocycles. The first kappa shape index (κ1) is 30.3. The molecule has 0 saturated carbocycles. The summed E-state index contributed by atoms with van der Waals surface area (Å²) in [7, 11) is 0. The third-order valence-corrected chi connectivity index (χ3v) is 12.2. The molecule has 1 N–H and O–H groups in total. The molecule has 9 aromatic rings. The fraction of sp³-hybridized carbons (Fsp3) is 0.0851. The maximum Gasteiger partial charge on any atom is 0.198 e. The number of rotatable bonds is 4. The summed E-state index contributed by atoms with van der Waals surface area (Å²) in [6, 6.07) is 51.3. The van der Waals surface area contributed by atoms with Crippen molar-refractivity contribution in [2.75, 3.05) is 5.32 Å². The van der Waals surface area contributed by atoms with E-state index in [1.54, 1.807) is 11.3 Å². The van der Waals surface area contributed by atoms with Gasteiger partial charge in [0.05, 0.1) is 5.69 Å². The molecule has 0 fully saturated rings. The molecule has 5 nitrogen and oxygen atoms in total. The predicted octanol–water partition coefficient (Wildman–Crippen LogP) is 12.2. The lowest BCUT2D eigenvalue weighted by molar-refractivity contribution is 0.264. The van der Waals surface area contributed by atoms with Gasteiger partial charge < -0.3 is 10.1 Å². The van der Waals surface area contributed by atoms with Gasteiger partial charge in [0.1, 0.15) is 0 Å². The van der Waals surface area contributed by atoms with Gasteiger partial charge in [-0.15, -0.1) is 11.3 Å². The van der Waals surface area contributed by atoms with Gasteiger partial charge in [0.25, 0.3) is 0 Å². The average Bonchev–Trinajstić information content (AvgIpc) is 3.88. The van der Waals surface area contributed by atoms with Crippen LogP contribution in [-0.4, -0.2) is 15.0 Å². The summed E-state index contributed by atoms with van der Waals surface area (Å²) in [5.74, 6) is 2.88. The molecule has 2 aliphatic rings. The highest BCUT2D eigenvalue weighted by Gasteiger charge is 2.35. The lowest BCUT2D eigenvalue weighted by Crippen LogP contribution is -2.15. The van der Waals surface area contributed by atoms with Gasteiger partial charge in [-0.1, -0.05) is 141 Å². The van der Waals surface area contributed by atoms with Gasteiger partial charge in [-0.05, 0) is 45.8 Å². The number of hydrogen-bond acceptors (Lipinski definition) is 6. The molecule has 1 aliphatic heterocycles. The zero-order valence-electron chi connectivity index (χ0n) is 29.1. The SMILES string of the molecule is CC1(C)c2ccccc2-c2ccc(-c3nc(-c4ccccc4)nc(-c4ccc5c(c4)sc4c(C6Nc7ccc8ccccc8c7O6)cccc45)n3)cc21. The van der Waals surface area contributed by atoms with E-state index in [9.17, 15) is 0 Å². The number of fused-ring (bicyclic) bond motifs is 9. The molecule has 0 spiro atoms. The van der Waals surface area contributed by atoms with Crippen LogP contribution < -0.4 is 10.1 Å². The summed E-state index contributed by atoms with van der Waals surface area (Å²) in [5, 5.41) is 8.35. The number of thiophene rings is 1. The van der Waals surface area contributed by atoms with Crippen molar-refractivity contribution < 1.29 is 4.74 Å². The summed E-state index contributed by atoms with van der Waals surface area (Å²) in [6.07, 6.45) is -0.281. The molecule has 1 unspecified atom stereocenters. The number of nitrogens with one attached hydrogen (secondary N) is 1. The predicted molar refractivity (Wildman–Crippen MR) is 218 cm³/mol. The van der Waals surface area contributed by atoms with E-state index in [4.69, 9.17) is 19.7 Å². The Labute approximate surface area is 310 Å². The molecule has 1 aliphatic carbocycles. The number of hydrogen-bond donors (Lipinski definition) is 1. The maximum absolute atomic E-state index is 6.64. The van der Waals surface area contributed by atoms with E-state index in [0.717, 1.165) is 39.1 Å². The molecule has 0 radical (unpaired) electrons. The Balaban J connectivity index is 1.02. The van der Waals surface area contributed by atoms with Crippen molar-refractivity contribution in [1.82, 2.24) is 15.0 Å². The van der Waals surface area contributed by atoms with Gasteiger partial charge in [0.2, 0.25) is 0 Å². The van der Waals surface area contributed by atoms with Crippen molar-refractivity contribution in [3.8, 4) is 51.0 Å². The molecular formula is C47H32N4OS. The first-order valence-electron chi connectivity index (χ1n) is 18.0. The lowest BCUT2D eigenvalue weighted by atomic mass is 9.82. The van der Waals surface area contributed by atoms with Crippen molar-refractivity contribution in [2.24, 2.45) is 0 Å². The van der Waals surface area contributed by atoms with Crippen LogP contribution in [0.15, 0.2) is 146 Å². The molecule has 6 heteroatoms. The van der Waals surface area contributed by atoms with Crippen molar-refractivity contribution in [3.05, 3.63) is 162 Å². The van der Waals surface area contributed by atoms with Crippen molar-refractivity contribution in [1.29, 1.82) is 0 Å². The summed E-state index contributed by atoms with van der Waals surface area (Å²) in [4.78, 5) is 15.3. The number of nitrogens with zero attached hydrogens (tertiary/aromatic N) is 3. The molecule has 11 rings (SSSR count). The Morgan fingerprint density at radius 2 is 1.26 bits per heavy atom. The van der Waals surface area contributed by atoms with E-state index in [2.05, 4.69) is 147 Å². The molecule has 1 atom stereocenters. The number of ether oxygens (including phenoxy) is 1. The second-order valence-corrected chi connectivity index (χ2v) is 15.5. The largest absolute Gasteiger partial charge is 0.464 e. The molecule has 0 saturated heterocycles. The fourth-order valence-corrected chi connectivity index (χ4v) is 9.55. The third-order valence-electron chi connectivity index (χ3n) is 11.0. The van der Waals surface area contributed by atoms with Gasteiger partial charge in [-0.2, -0.15) is 0 Å². The Morgan fingerprint density at radius 1 is 0.566 bits per heavy atom. The Bertz CT molecular complexity index is 2950. The van der Waals surface area contributed by atoms with E-state index in [-0.39, 0.29) is 11.6 Å². The minimum Gasteiger partial charge on any atom is -0.464 e. The highest BCUT2D eigenvalue weighted by molar-refractivity contribution is 7.26. The smallest absolute Gasteiger partial charge is 0.198 e. The molecule has 2 aromatic heterocycles. The van der Waals surface area contributed by atoms with Crippen LogP contribution in [0, 0.1) is 0 Å². The molecule has 252 valence electrons. The maximum atomic E-state index is 6.64. The third kappa shape index (κ3) is 4.65. The summed E-state index contributed by atoms with van der Waals surface area (Å²) >= 11 is 1.78. The Hall–Kier alpha value is -6.37. The van der Waals surface area contributed by atoms with Crippen LogP contribution in [0.25, 0.3) is 76.2 Å². The second-order valence-electron chi connectivity index (χ2n) is 14.4. The van der Waals surface area contributed by atoms with Crippen LogP contribution >= 0.6 is 11.3 Å². The van der Waals surface area contributed by atoms with Gasteiger partial charge in [-0.3, -0.25) is 0 Å². The van der Waals surface area contributed by atoms with Crippen molar-refractivity contribution in [2.45, 2.75) is 25.5 Å². The minimum absolute atomic E-state index is 0.124. The summed E-state index contributed by atoms with van der Waals surface area (Å²) in [6.45, 7) is 4.61. The zero-order valence-corrected chi connectivity index (χ0v) is 29.9. The van der Waals surface area contributed by atoms with E-state index in [0.29, 0.717) is 17.5 Å². The van der Waals surface area contributed by atoms with E-state index >= 15 is 0 Å². The molecule has 0 bridgehead atoms. The van der Waals surface area contributed by atoms with E-state index < -0.39 is 0 Å². The Kier molecular flexibility index (Phi) is 6.46. The first-order chi connectivity index (χ1) is 26.0. The summed E-state index contributed by atoms with van der Waals surface area (Å²) < 4.78 is 9.02. The van der Waals surface area contributed by atoms with Crippen LogP contribution in [0.3, 0.4) is 0 Å². The quantitative estimate of drug-likeness (QED) is 0.198. The van der Waals surface area contributed by atoms with Gasteiger partial charge in [0, 0.05) is 53.2 Å². The van der Waals surface area contributed by atoms with E-state index in [1.807, 2.05) is 18.2 Å². The number of aromatic nitrogens is 3. The van der Waals surface area contributed by atoms with Crippen LogP contribution in [0.5, 0.6) is 5.75 Å². The highest BCUT2D eigenvalue weighted by Crippen LogP contribution is 2.50. The summed E-state index contributed by atoms with van der Waals surface area (Å²) in [5.41, 5.74) is 10.1. The van der Waals surface area contributed by atoms with Crippen molar-refractivity contribution in [3.63, 3.8) is 0 Å². The van der Waals surface area contributed by atoms with Crippen LogP contribution in [-0.2, 0) is 5.41 Å². The zero-order chi connectivity index (χ0) is 35.3. The molecule has 7 aromatic carbocycles. The Morgan fingerprint density at radius 3 is 2.13 bits per heavy atom. The van der Waals surface area contributed by atoms with Crippen LogP contribution in [0.4, 0.5) is 5.69 Å². The normalized spacial score (nSPS) is 15.2. The molecule has 0 amide bonds. The fourth-order valence-electron chi connectivity index (χ4n) is 8.27. The first-order valence-corrected chi connectivity index (χ1v) is 18.8. The standard InChI is InChI=1S/C47H32N4OS/c1-47(2)37-18-9-8-15-32(37)33-22-19-29(25-38(33)47)44-49-43(28-12-4-3-5-13-28)50-45(51-44)30-20-23-34-35-16-10-17-36(42(35)53-40(34)26-30)46-48-39-24-21-27-11-6-7-14-31(27)41(39)52-46/h3-26,46,48H,1-2H3. The number of anilines is 1. The monoisotopic (exact) mass is 700 g/mol. The van der Waals surface area contributed by atoms with Crippen molar-refractivity contribution >= 4 is 48.0 Å². The van der Waals surface area contributed by atoms with E-state index in [1.165, 1.54) is 47.8 Å². The van der Waals surface area contributed by atoms with Crippen LogP contribution in [0.1, 0.15) is 36.8 Å². The highest BCUT2D eigenvalue weighted by atomic mass is 32.1. The minimum atomic E-state index is -0.281. The van der Waals surface area contributed by atoms with Gasteiger partial charge >= 0.3 is 0 Å².